The highest BCUT2D eigenvalue weighted by Crippen LogP contribution is 2.26. The quantitative estimate of drug-likeness (QED) is 0.868. The molecule has 0 spiro atoms. The summed E-state index contributed by atoms with van der Waals surface area (Å²) in [6, 6.07) is 16.8. The SMILES string of the molecule is COc1ccc(CC(N)CCc2ccccc2)cc1Br. The average Bonchev–Trinajstić information content (AvgIpc) is 2.46. The van der Waals surface area contributed by atoms with Crippen LogP contribution in [0.15, 0.2) is 53.0 Å². The van der Waals surface area contributed by atoms with E-state index in [0.717, 1.165) is 29.5 Å². The maximum atomic E-state index is 6.23. The molecule has 3 heteroatoms. The van der Waals surface area contributed by atoms with Crippen molar-refractivity contribution in [3.8, 4) is 5.75 Å². The van der Waals surface area contributed by atoms with Gasteiger partial charge >= 0.3 is 0 Å². The molecule has 0 aliphatic heterocycles. The number of halogens is 1. The summed E-state index contributed by atoms with van der Waals surface area (Å²) >= 11 is 3.51. The van der Waals surface area contributed by atoms with Gasteiger partial charge in [0.25, 0.3) is 0 Å². The number of benzene rings is 2. The topological polar surface area (TPSA) is 35.2 Å². The molecule has 1 atom stereocenters. The van der Waals surface area contributed by atoms with Gasteiger partial charge < -0.3 is 10.5 Å². The van der Waals surface area contributed by atoms with Gasteiger partial charge in [-0.15, -0.1) is 0 Å². The van der Waals surface area contributed by atoms with Crippen molar-refractivity contribution >= 4 is 15.9 Å². The standard InChI is InChI=1S/C17H20BrNO/c1-20-17-10-8-14(12-16(17)18)11-15(19)9-7-13-5-3-2-4-6-13/h2-6,8,10,12,15H,7,9,11,19H2,1H3. The lowest BCUT2D eigenvalue weighted by atomic mass is 10.00. The second-order valence-corrected chi connectivity index (χ2v) is 5.81. The molecule has 2 rings (SSSR count). The van der Waals surface area contributed by atoms with Crippen LogP contribution in [-0.2, 0) is 12.8 Å². The van der Waals surface area contributed by atoms with E-state index in [1.54, 1.807) is 7.11 Å². The molecule has 0 amide bonds. The Balaban J connectivity index is 1.88. The van der Waals surface area contributed by atoms with Gasteiger partial charge in [-0.25, -0.2) is 0 Å². The third-order valence-electron chi connectivity index (χ3n) is 3.36. The van der Waals surface area contributed by atoms with Gasteiger partial charge in [-0.05, 0) is 58.5 Å². The van der Waals surface area contributed by atoms with Gasteiger partial charge in [-0.1, -0.05) is 36.4 Å². The van der Waals surface area contributed by atoms with Gasteiger partial charge in [0, 0.05) is 6.04 Å². The molecule has 0 saturated carbocycles. The lowest BCUT2D eigenvalue weighted by Crippen LogP contribution is -2.23. The number of nitrogens with two attached hydrogens (primary N) is 1. The summed E-state index contributed by atoms with van der Waals surface area (Å²) in [7, 11) is 1.67. The van der Waals surface area contributed by atoms with E-state index in [4.69, 9.17) is 10.5 Å². The first-order valence-electron chi connectivity index (χ1n) is 6.81. The number of methoxy groups -OCH3 is 1. The molecule has 0 aromatic heterocycles. The van der Waals surface area contributed by atoms with Crippen molar-refractivity contribution in [2.45, 2.75) is 25.3 Å². The molecule has 0 fully saturated rings. The van der Waals surface area contributed by atoms with Crippen molar-refractivity contribution in [1.29, 1.82) is 0 Å². The molecule has 20 heavy (non-hydrogen) atoms. The van der Waals surface area contributed by atoms with Gasteiger partial charge in [-0.3, -0.25) is 0 Å². The first-order valence-corrected chi connectivity index (χ1v) is 7.60. The molecule has 0 aliphatic carbocycles. The Morgan fingerprint density at radius 1 is 1.10 bits per heavy atom. The normalized spacial score (nSPS) is 12.2. The summed E-state index contributed by atoms with van der Waals surface area (Å²) in [5, 5.41) is 0. The molecule has 0 saturated heterocycles. The van der Waals surface area contributed by atoms with Gasteiger partial charge in [0.05, 0.1) is 11.6 Å². The van der Waals surface area contributed by atoms with Crippen LogP contribution in [0.3, 0.4) is 0 Å². The van der Waals surface area contributed by atoms with E-state index < -0.39 is 0 Å². The zero-order chi connectivity index (χ0) is 14.4. The molecular formula is C17H20BrNO. The largest absolute Gasteiger partial charge is 0.496 e. The predicted molar refractivity (Wildman–Crippen MR) is 87.1 cm³/mol. The molecule has 1 unspecified atom stereocenters. The summed E-state index contributed by atoms with van der Waals surface area (Å²) < 4.78 is 6.21. The minimum Gasteiger partial charge on any atom is -0.496 e. The Morgan fingerprint density at radius 2 is 1.85 bits per heavy atom. The molecule has 2 nitrogen and oxygen atoms in total. The lowest BCUT2D eigenvalue weighted by Gasteiger charge is -2.13. The molecule has 2 aromatic carbocycles. The predicted octanol–water partition coefficient (Wildman–Crippen LogP) is 3.96. The third-order valence-corrected chi connectivity index (χ3v) is 3.98. The van der Waals surface area contributed by atoms with E-state index in [1.165, 1.54) is 11.1 Å². The molecule has 0 radical (unpaired) electrons. The van der Waals surface area contributed by atoms with E-state index in [0.29, 0.717) is 0 Å². The van der Waals surface area contributed by atoms with Crippen molar-refractivity contribution in [1.82, 2.24) is 0 Å². The van der Waals surface area contributed by atoms with E-state index in [2.05, 4.69) is 52.3 Å². The number of hydrogen-bond acceptors (Lipinski definition) is 2. The Kier molecular flexibility index (Phi) is 5.62. The Labute approximate surface area is 129 Å². The molecule has 0 bridgehead atoms. The lowest BCUT2D eigenvalue weighted by molar-refractivity contribution is 0.412. The van der Waals surface area contributed by atoms with Gasteiger partial charge in [-0.2, -0.15) is 0 Å². The van der Waals surface area contributed by atoms with Crippen LogP contribution in [0.25, 0.3) is 0 Å². The second kappa shape index (κ2) is 7.46. The molecule has 106 valence electrons. The highest BCUT2D eigenvalue weighted by Gasteiger charge is 2.07. The summed E-state index contributed by atoms with van der Waals surface area (Å²) in [4.78, 5) is 0. The maximum absolute atomic E-state index is 6.23. The van der Waals surface area contributed by atoms with Crippen LogP contribution in [-0.4, -0.2) is 13.2 Å². The Bertz CT molecular complexity index is 542. The molecule has 0 heterocycles. The molecule has 0 aliphatic rings. The zero-order valence-corrected chi connectivity index (χ0v) is 13.3. The molecule has 2 N–H and O–H groups in total. The van der Waals surface area contributed by atoms with Crippen molar-refractivity contribution in [3.63, 3.8) is 0 Å². The van der Waals surface area contributed by atoms with Crippen molar-refractivity contribution in [2.24, 2.45) is 5.73 Å². The summed E-state index contributed by atoms with van der Waals surface area (Å²) in [6.07, 6.45) is 2.91. The van der Waals surface area contributed by atoms with Crippen LogP contribution in [0.2, 0.25) is 0 Å². The van der Waals surface area contributed by atoms with Gasteiger partial charge in [0.1, 0.15) is 5.75 Å². The minimum atomic E-state index is 0.176. The first kappa shape index (κ1) is 15.1. The summed E-state index contributed by atoms with van der Waals surface area (Å²) in [5.74, 6) is 0.853. The highest BCUT2D eigenvalue weighted by atomic mass is 79.9. The summed E-state index contributed by atoms with van der Waals surface area (Å²) in [6.45, 7) is 0. The van der Waals surface area contributed by atoms with E-state index in [1.807, 2.05) is 12.1 Å². The van der Waals surface area contributed by atoms with Crippen LogP contribution in [0.1, 0.15) is 17.5 Å². The fourth-order valence-electron chi connectivity index (χ4n) is 2.24. The Hall–Kier alpha value is -1.32. The fourth-order valence-corrected chi connectivity index (χ4v) is 2.83. The average molecular weight is 334 g/mol. The van der Waals surface area contributed by atoms with E-state index in [9.17, 15) is 0 Å². The van der Waals surface area contributed by atoms with E-state index in [-0.39, 0.29) is 6.04 Å². The molecular weight excluding hydrogens is 314 g/mol. The second-order valence-electron chi connectivity index (χ2n) is 4.96. The zero-order valence-electron chi connectivity index (χ0n) is 11.7. The first-order chi connectivity index (χ1) is 9.69. The van der Waals surface area contributed by atoms with Crippen molar-refractivity contribution in [3.05, 3.63) is 64.1 Å². The minimum absolute atomic E-state index is 0.176. The summed E-state index contributed by atoms with van der Waals surface area (Å²) in [5.41, 5.74) is 8.81. The van der Waals surface area contributed by atoms with Gasteiger partial charge in [0.2, 0.25) is 0 Å². The van der Waals surface area contributed by atoms with Crippen LogP contribution in [0.4, 0.5) is 0 Å². The highest BCUT2D eigenvalue weighted by molar-refractivity contribution is 9.10. The van der Waals surface area contributed by atoms with Crippen LogP contribution in [0, 0.1) is 0 Å². The van der Waals surface area contributed by atoms with Crippen molar-refractivity contribution < 1.29 is 4.74 Å². The van der Waals surface area contributed by atoms with Crippen LogP contribution >= 0.6 is 15.9 Å². The monoisotopic (exact) mass is 333 g/mol. The van der Waals surface area contributed by atoms with Crippen LogP contribution in [0.5, 0.6) is 5.75 Å². The third kappa shape index (κ3) is 4.36. The van der Waals surface area contributed by atoms with Gasteiger partial charge in [0.15, 0.2) is 0 Å². The number of aryl methyl sites for hydroxylation is 1. The number of ether oxygens (including phenoxy) is 1. The van der Waals surface area contributed by atoms with Crippen molar-refractivity contribution in [2.75, 3.05) is 7.11 Å². The fraction of sp³-hybridized carbons (Fsp3) is 0.294. The molecule has 2 aromatic rings. The number of rotatable bonds is 6. The number of hydrogen-bond donors (Lipinski definition) is 1. The Morgan fingerprint density at radius 3 is 2.50 bits per heavy atom. The van der Waals surface area contributed by atoms with E-state index >= 15 is 0 Å². The maximum Gasteiger partial charge on any atom is 0.133 e. The van der Waals surface area contributed by atoms with Crippen LogP contribution < -0.4 is 10.5 Å². The smallest absolute Gasteiger partial charge is 0.133 e.